The maximum absolute atomic E-state index is 12.2. The summed E-state index contributed by atoms with van der Waals surface area (Å²) < 4.78 is 5.11. The summed E-state index contributed by atoms with van der Waals surface area (Å²) in [5.74, 6) is 0.343. The molecule has 84 valence electrons. The standard InChI is InChI=1S/C13H14O3/c1-16-11-8-4-7-10(14)12(11)13(15)9-5-2-3-6-9/h2-4,7-9,14H,5-6H2,1H3. The molecule has 3 heteroatoms. The molecule has 0 saturated carbocycles. The molecule has 1 aliphatic carbocycles. The molecule has 2 rings (SSSR count). The van der Waals surface area contributed by atoms with Crippen molar-refractivity contribution in [2.45, 2.75) is 12.8 Å². The van der Waals surface area contributed by atoms with Gasteiger partial charge in [0, 0.05) is 5.92 Å². The SMILES string of the molecule is COc1cccc(O)c1C(=O)C1CC=CC1. The Bertz CT molecular complexity index is 427. The molecule has 0 atom stereocenters. The van der Waals surface area contributed by atoms with Crippen LogP contribution in [0.1, 0.15) is 23.2 Å². The Hall–Kier alpha value is -1.77. The van der Waals surface area contributed by atoms with Gasteiger partial charge in [-0.3, -0.25) is 4.79 Å². The monoisotopic (exact) mass is 218 g/mol. The number of benzene rings is 1. The molecule has 0 spiro atoms. The zero-order chi connectivity index (χ0) is 11.5. The second kappa shape index (κ2) is 4.39. The molecule has 0 saturated heterocycles. The molecule has 0 amide bonds. The van der Waals surface area contributed by atoms with E-state index in [1.54, 1.807) is 12.1 Å². The summed E-state index contributed by atoms with van der Waals surface area (Å²) in [6.45, 7) is 0. The largest absolute Gasteiger partial charge is 0.507 e. The number of ether oxygens (including phenoxy) is 1. The molecule has 0 radical (unpaired) electrons. The van der Waals surface area contributed by atoms with E-state index in [9.17, 15) is 9.90 Å². The van der Waals surface area contributed by atoms with Crippen molar-refractivity contribution in [1.29, 1.82) is 0 Å². The van der Waals surface area contributed by atoms with Gasteiger partial charge in [-0.05, 0) is 25.0 Å². The lowest BCUT2D eigenvalue weighted by atomic mass is 9.94. The summed E-state index contributed by atoms with van der Waals surface area (Å²) in [7, 11) is 1.50. The van der Waals surface area contributed by atoms with E-state index in [0.29, 0.717) is 11.3 Å². The van der Waals surface area contributed by atoms with Crippen molar-refractivity contribution in [2.75, 3.05) is 7.11 Å². The lowest BCUT2D eigenvalue weighted by Gasteiger charge is -2.13. The van der Waals surface area contributed by atoms with Crippen LogP contribution in [0.5, 0.6) is 11.5 Å². The van der Waals surface area contributed by atoms with Crippen molar-refractivity contribution in [2.24, 2.45) is 5.92 Å². The predicted octanol–water partition coefficient (Wildman–Crippen LogP) is 2.55. The van der Waals surface area contributed by atoms with Crippen molar-refractivity contribution in [3.63, 3.8) is 0 Å². The van der Waals surface area contributed by atoms with E-state index in [-0.39, 0.29) is 17.5 Å². The van der Waals surface area contributed by atoms with Gasteiger partial charge in [-0.25, -0.2) is 0 Å². The zero-order valence-corrected chi connectivity index (χ0v) is 9.14. The number of rotatable bonds is 3. The minimum atomic E-state index is -0.0535. The third-order valence-corrected chi connectivity index (χ3v) is 2.85. The van der Waals surface area contributed by atoms with E-state index in [4.69, 9.17) is 4.74 Å². The number of phenolic OH excluding ortho intramolecular Hbond substituents is 1. The van der Waals surface area contributed by atoms with Crippen LogP contribution in [0.15, 0.2) is 30.4 Å². The summed E-state index contributed by atoms with van der Waals surface area (Å²) in [6.07, 6.45) is 5.48. The normalized spacial score (nSPS) is 15.3. The molecule has 1 aliphatic rings. The Balaban J connectivity index is 2.35. The van der Waals surface area contributed by atoms with E-state index in [2.05, 4.69) is 0 Å². The maximum Gasteiger partial charge on any atom is 0.174 e. The van der Waals surface area contributed by atoms with Gasteiger partial charge in [-0.15, -0.1) is 0 Å². The number of allylic oxidation sites excluding steroid dienone is 2. The Morgan fingerprint density at radius 1 is 1.38 bits per heavy atom. The number of hydrogen-bond acceptors (Lipinski definition) is 3. The maximum atomic E-state index is 12.2. The summed E-state index contributed by atoms with van der Waals surface area (Å²) >= 11 is 0. The second-order valence-electron chi connectivity index (χ2n) is 3.86. The summed E-state index contributed by atoms with van der Waals surface area (Å²) in [5, 5.41) is 9.73. The van der Waals surface area contributed by atoms with Crippen LogP contribution in [0.2, 0.25) is 0 Å². The Morgan fingerprint density at radius 2 is 2.06 bits per heavy atom. The first-order valence-corrected chi connectivity index (χ1v) is 5.29. The molecule has 0 unspecified atom stereocenters. The fourth-order valence-corrected chi connectivity index (χ4v) is 1.97. The molecule has 1 aromatic rings. The summed E-state index contributed by atoms with van der Waals surface area (Å²) in [6, 6.07) is 4.87. The Morgan fingerprint density at radius 3 is 2.69 bits per heavy atom. The van der Waals surface area contributed by atoms with E-state index in [0.717, 1.165) is 12.8 Å². The van der Waals surface area contributed by atoms with Gasteiger partial charge in [0.25, 0.3) is 0 Å². The highest BCUT2D eigenvalue weighted by molar-refractivity contribution is 6.03. The van der Waals surface area contributed by atoms with Crippen LogP contribution in [0.3, 0.4) is 0 Å². The molecule has 1 aromatic carbocycles. The smallest absolute Gasteiger partial charge is 0.174 e. The third-order valence-electron chi connectivity index (χ3n) is 2.85. The zero-order valence-electron chi connectivity index (χ0n) is 9.14. The highest BCUT2D eigenvalue weighted by atomic mass is 16.5. The average molecular weight is 218 g/mol. The predicted molar refractivity (Wildman–Crippen MR) is 60.9 cm³/mol. The quantitative estimate of drug-likeness (QED) is 0.626. The third kappa shape index (κ3) is 1.81. The van der Waals surface area contributed by atoms with Crippen molar-refractivity contribution in [3.8, 4) is 11.5 Å². The van der Waals surface area contributed by atoms with Gasteiger partial charge in [-0.1, -0.05) is 18.2 Å². The van der Waals surface area contributed by atoms with Gasteiger partial charge >= 0.3 is 0 Å². The number of phenols is 1. The van der Waals surface area contributed by atoms with Gasteiger partial charge in [-0.2, -0.15) is 0 Å². The Labute approximate surface area is 94.4 Å². The molecule has 0 aliphatic heterocycles. The molecule has 0 heterocycles. The molecular formula is C13H14O3. The minimum absolute atomic E-state index is 0.00347. The number of hydrogen-bond donors (Lipinski definition) is 1. The van der Waals surface area contributed by atoms with Crippen LogP contribution in [0.25, 0.3) is 0 Å². The van der Waals surface area contributed by atoms with Gasteiger partial charge in [0.1, 0.15) is 17.1 Å². The van der Waals surface area contributed by atoms with Crippen LogP contribution in [-0.4, -0.2) is 18.0 Å². The first-order valence-electron chi connectivity index (χ1n) is 5.29. The highest BCUT2D eigenvalue weighted by Crippen LogP contribution is 2.33. The van der Waals surface area contributed by atoms with Crippen LogP contribution >= 0.6 is 0 Å². The van der Waals surface area contributed by atoms with Gasteiger partial charge in [0.05, 0.1) is 7.11 Å². The number of aromatic hydroxyl groups is 1. The lowest BCUT2D eigenvalue weighted by molar-refractivity contribution is 0.0920. The van der Waals surface area contributed by atoms with Crippen LogP contribution in [-0.2, 0) is 0 Å². The van der Waals surface area contributed by atoms with Gasteiger partial charge in [0.15, 0.2) is 5.78 Å². The molecule has 0 bridgehead atoms. The lowest BCUT2D eigenvalue weighted by Crippen LogP contribution is -2.12. The fourth-order valence-electron chi connectivity index (χ4n) is 1.97. The molecule has 0 fully saturated rings. The van der Waals surface area contributed by atoms with Crippen LogP contribution < -0.4 is 4.74 Å². The minimum Gasteiger partial charge on any atom is -0.507 e. The topological polar surface area (TPSA) is 46.5 Å². The van der Waals surface area contributed by atoms with Crippen LogP contribution in [0.4, 0.5) is 0 Å². The second-order valence-corrected chi connectivity index (χ2v) is 3.86. The number of ketones is 1. The van der Waals surface area contributed by atoms with Crippen molar-refractivity contribution in [3.05, 3.63) is 35.9 Å². The number of Topliss-reactive ketones (excluding diaryl/α,β-unsaturated/α-hetero) is 1. The van der Waals surface area contributed by atoms with E-state index < -0.39 is 0 Å². The van der Waals surface area contributed by atoms with Gasteiger partial charge < -0.3 is 9.84 Å². The van der Waals surface area contributed by atoms with Crippen molar-refractivity contribution >= 4 is 5.78 Å². The first kappa shape index (κ1) is 10.7. The first-order chi connectivity index (χ1) is 7.74. The number of carbonyl (C=O) groups is 1. The van der Waals surface area contributed by atoms with E-state index in [1.165, 1.54) is 13.2 Å². The average Bonchev–Trinajstić information content (AvgIpc) is 2.81. The van der Waals surface area contributed by atoms with E-state index in [1.807, 2.05) is 12.2 Å². The molecule has 1 N–H and O–H groups in total. The molecule has 16 heavy (non-hydrogen) atoms. The number of methoxy groups -OCH3 is 1. The highest BCUT2D eigenvalue weighted by Gasteiger charge is 2.25. The molecule has 0 aromatic heterocycles. The van der Waals surface area contributed by atoms with E-state index >= 15 is 0 Å². The van der Waals surface area contributed by atoms with Gasteiger partial charge in [0.2, 0.25) is 0 Å². The van der Waals surface area contributed by atoms with Crippen molar-refractivity contribution < 1.29 is 14.6 Å². The van der Waals surface area contributed by atoms with Crippen LogP contribution in [0, 0.1) is 5.92 Å². The molecular weight excluding hydrogens is 204 g/mol. The Kier molecular flexibility index (Phi) is 2.95. The summed E-state index contributed by atoms with van der Waals surface area (Å²) in [4.78, 5) is 12.2. The summed E-state index contributed by atoms with van der Waals surface area (Å²) in [5.41, 5.74) is 0.304. The van der Waals surface area contributed by atoms with Crippen molar-refractivity contribution in [1.82, 2.24) is 0 Å². The fraction of sp³-hybridized carbons (Fsp3) is 0.308. The molecule has 3 nitrogen and oxygen atoms in total. The number of carbonyl (C=O) groups excluding carboxylic acids is 1.